The van der Waals surface area contributed by atoms with Crippen molar-refractivity contribution in [2.75, 3.05) is 5.43 Å². The summed E-state index contributed by atoms with van der Waals surface area (Å²) < 4.78 is 1.24. The molecule has 0 radical (unpaired) electrons. The number of non-ortho nitro benzene ring substituents is 1. The van der Waals surface area contributed by atoms with Gasteiger partial charge in [-0.15, -0.1) is 0 Å². The molecule has 0 amide bonds. The van der Waals surface area contributed by atoms with Crippen molar-refractivity contribution in [1.82, 2.24) is 9.55 Å². The van der Waals surface area contributed by atoms with Crippen LogP contribution in [0.15, 0.2) is 35.4 Å². The Kier molecular flexibility index (Phi) is 3.97. The van der Waals surface area contributed by atoms with Crippen molar-refractivity contribution in [3.8, 4) is 0 Å². The van der Waals surface area contributed by atoms with Crippen LogP contribution in [0.4, 0.5) is 11.4 Å². The summed E-state index contributed by atoms with van der Waals surface area (Å²) in [5.41, 5.74) is 2.77. The van der Waals surface area contributed by atoms with Gasteiger partial charge in [0.15, 0.2) is 0 Å². The molecule has 0 bridgehead atoms. The number of halogens is 1. The molecule has 0 saturated heterocycles. The van der Waals surface area contributed by atoms with Crippen molar-refractivity contribution in [3.05, 3.63) is 61.8 Å². The minimum Gasteiger partial charge on any atom is -0.324 e. The SMILES string of the molecule is NNc1ccc([N+](=O)[O-])cc1Cn1cc(Cl)cnc1=O. The molecule has 3 N–H and O–H groups in total. The smallest absolute Gasteiger partial charge is 0.324 e. The van der Waals surface area contributed by atoms with Crippen LogP contribution in [0.2, 0.25) is 5.02 Å². The van der Waals surface area contributed by atoms with Crippen molar-refractivity contribution in [1.29, 1.82) is 0 Å². The Morgan fingerprint density at radius 3 is 2.90 bits per heavy atom. The summed E-state index contributed by atoms with van der Waals surface area (Å²) in [7, 11) is 0. The largest absolute Gasteiger partial charge is 0.347 e. The van der Waals surface area contributed by atoms with Crippen LogP contribution in [-0.2, 0) is 6.54 Å². The summed E-state index contributed by atoms with van der Waals surface area (Å²) in [5.74, 6) is 5.35. The van der Waals surface area contributed by atoms with E-state index in [1.807, 2.05) is 0 Å². The van der Waals surface area contributed by atoms with E-state index in [4.69, 9.17) is 17.4 Å². The van der Waals surface area contributed by atoms with Crippen LogP contribution in [0.5, 0.6) is 0 Å². The molecular formula is C11H10ClN5O3. The van der Waals surface area contributed by atoms with E-state index in [-0.39, 0.29) is 17.3 Å². The number of anilines is 1. The number of nitrogens with two attached hydrogens (primary N) is 1. The quantitative estimate of drug-likeness (QED) is 0.496. The Morgan fingerprint density at radius 1 is 1.50 bits per heavy atom. The van der Waals surface area contributed by atoms with Crippen LogP contribution in [0.1, 0.15) is 5.56 Å². The van der Waals surface area contributed by atoms with E-state index in [0.717, 1.165) is 0 Å². The van der Waals surface area contributed by atoms with Crippen LogP contribution in [0, 0.1) is 10.1 Å². The molecule has 104 valence electrons. The second-order valence-corrected chi connectivity index (χ2v) is 4.36. The lowest BCUT2D eigenvalue weighted by Gasteiger charge is -2.10. The third-order valence-electron chi connectivity index (χ3n) is 2.62. The van der Waals surface area contributed by atoms with Crippen LogP contribution in [0.3, 0.4) is 0 Å². The van der Waals surface area contributed by atoms with Gasteiger partial charge in [-0.1, -0.05) is 11.6 Å². The molecule has 1 aromatic heterocycles. The first kappa shape index (κ1) is 14.0. The third-order valence-corrected chi connectivity index (χ3v) is 2.81. The molecule has 0 aliphatic carbocycles. The van der Waals surface area contributed by atoms with Crippen molar-refractivity contribution >= 4 is 23.0 Å². The predicted octanol–water partition coefficient (Wildman–Crippen LogP) is 1.14. The monoisotopic (exact) mass is 295 g/mol. The molecule has 2 aromatic rings. The molecule has 0 unspecified atom stereocenters. The molecule has 2 rings (SSSR count). The fourth-order valence-corrected chi connectivity index (χ4v) is 1.86. The number of benzene rings is 1. The average Bonchev–Trinajstić information content (AvgIpc) is 2.42. The van der Waals surface area contributed by atoms with Gasteiger partial charge in [0.25, 0.3) is 5.69 Å². The van der Waals surface area contributed by atoms with Crippen molar-refractivity contribution in [2.45, 2.75) is 6.54 Å². The Morgan fingerprint density at radius 2 is 2.25 bits per heavy atom. The summed E-state index contributed by atoms with van der Waals surface area (Å²) in [6.45, 7) is 0.0631. The number of hydrogen-bond acceptors (Lipinski definition) is 6. The van der Waals surface area contributed by atoms with Gasteiger partial charge in [0.2, 0.25) is 0 Å². The van der Waals surface area contributed by atoms with Crippen LogP contribution >= 0.6 is 11.6 Å². The third kappa shape index (κ3) is 2.92. The first-order valence-electron chi connectivity index (χ1n) is 5.47. The lowest BCUT2D eigenvalue weighted by atomic mass is 10.1. The number of rotatable bonds is 4. The van der Waals surface area contributed by atoms with Gasteiger partial charge in [-0.2, -0.15) is 0 Å². The number of nitrogens with one attached hydrogen (secondary N) is 1. The van der Waals surface area contributed by atoms with E-state index in [9.17, 15) is 14.9 Å². The van der Waals surface area contributed by atoms with Gasteiger partial charge < -0.3 is 5.43 Å². The molecule has 0 atom stereocenters. The number of nitro groups is 1. The molecular weight excluding hydrogens is 286 g/mol. The highest BCUT2D eigenvalue weighted by Crippen LogP contribution is 2.22. The maximum atomic E-state index is 11.6. The topological polar surface area (TPSA) is 116 Å². The number of hydrazine groups is 1. The number of aromatic nitrogens is 2. The van der Waals surface area contributed by atoms with Crippen molar-refractivity contribution < 1.29 is 4.92 Å². The Bertz CT molecular complexity index is 715. The van der Waals surface area contributed by atoms with E-state index >= 15 is 0 Å². The van der Waals surface area contributed by atoms with Gasteiger partial charge in [0.05, 0.1) is 28.4 Å². The van der Waals surface area contributed by atoms with Crippen LogP contribution < -0.4 is 17.0 Å². The molecule has 20 heavy (non-hydrogen) atoms. The zero-order chi connectivity index (χ0) is 14.7. The lowest BCUT2D eigenvalue weighted by Crippen LogP contribution is -2.23. The second kappa shape index (κ2) is 5.68. The number of nitro benzene ring substituents is 1. The predicted molar refractivity (Wildman–Crippen MR) is 73.5 cm³/mol. The minimum absolute atomic E-state index is 0.0631. The summed E-state index contributed by atoms with van der Waals surface area (Å²) in [5, 5.41) is 11.1. The van der Waals surface area contributed by atoms with E-state index in [0.29, 0.717) is 11.3 Å². The van der Waals surface area contributed by atoms with Gasteiger partial charge in [-0.3, -0.25) is 20.5 Å². The zero-order valence-corrected chi connectivity index (χ0v) is 10.9. The molecule has 9 heteroatoms. The molecule has 0 fully saturated rings. The number of hydrogen-bond donors (Lipinski definition) is 2. The fourth-order valence-electron chi connectivity index (χ4n) is 1.69. The van der Waals surface area contributed by atoms with E-state index in [1.54, 1.807) is 0 Å². The number of nitrogens with zero attached hydrogens (tertiary/aromatic N) is 3. The molecule has 8 nitrogen and oxygen atoms in total. The normalized spacial score (nSPS) is 10.3. The first-order chi connectivity index (χ1) is 9.51. The summed E-state index contributed by atoms with van der Waals surface area (Å²) in [4.78, 5) is 25.4. The van der Waals surface area contributed by atoms with Crippen molar-refractivity contribution in [2.24, 2.45) is 5.84 Å². The maximum Gasteiger partial charge on any atom is 0.347 e. The fraction of sp³-hybridized carbons (Fsp3) is 0.0909. The van der Waals surface area contributed by atoms with Crippen LogP contribution in [0.25, 0.3) is 0 Å². The van der Waals surface area contributed by atoms with Gasteiger partial charge in [-0.25, -0.2) is 9.78 Å². The highest BCUT2D eigenvalue weighted by Gasteiger charge is 2.11. The van der Waals surface area contributed by atoms with Gasteiger partial charge >= 0.3 is 5.69 Å². The molecule has 1 aromatic carbocycles. The number of nitrogen functional groups attached to an aromatic ring is 1. The minimum atomic E-state index is -0.525. The Balaban J connectivity index is 2.46. The lowest BCUT2D eigenvalue weighted by molar-refractivity contribution is -0.384. The summed E-state index contributed by atoms with van der Waals surface area (Å²) >= 11 is 5.77. The molecule has 0 aliphatic rings. The highest BCUT2D eigenvalue weighted by molar-refractivity contribution is 6.30. The van der Waals surface area contributed by atoms with Crippen LogP contribution in [-0.4, -0.2) is 14.5 Å². The molecule has 0 aliphatic heterocycles. The molecule has 1 heterocycles. The average molecular weight is 296 g/mol. The first-order valence-corrected chi connectivity index (χ1v) is 5.85. The Labute approximate surface area is 117 Å². The zero-order valence-electron chi connectivity index (χ0n) is 10.1. The van der Waals surface area contributed by atoms with E-state index < -0.39 is 10.6 Å². The maximum absolute atomic E-state index is 11.6. The summed E-state index contributed by atoms with van der Waals surface area (Å²) in [6, 6.07) is 4.12. The van der Waals surface area contributed by atoms with Crippen molar-refractivity contribution in [3.63, 3.8) is 0 Å². The molecule has 0 spiro atoms. The van der Waals surface area contributed by atoms with Gasteiger partial charge in [-0.05, 0) is 6.07 Å². The second-order valence-electron chi connectivity index (χ2n) is 3.93. The summed E-state index contributed by atoms with van der Waals surface area (Å²) in [6.07, 6.45) is 2.63. The van der Waals surface area contributed by atoms with E-state index in [2.05, 4.69) is 10.4 Å². The van der Waals surface area contributed by atoms with Gasteiger partial charge in [0.1, 0.15) is 0 Å². The molecule has 0 saturated carbocycles. The van der Waals surface area contributed by atoms with Gasteiger partial charge in [0, 0.05) is 23.9 Å². The standard InChI is InChI=1S/C11H10ClN5O3/c12-8-4-14-11(18)16(6-8)5-7-3-9(17(19)20)1-2-10(7)15-13/h1-4,6,15H,5,13H2. The van der Waals surface area contributed by atoms with E-state index in [1.165, 1.54) is 35.2 Å². The Hall–Kier alpha value is -2.45. The highest BCUT2D eigenvalue weighted by atomic mass is 35.5.